The molecule has 2 aromatic carbocycles. The molecule has 0 heterocycles. The summed E-state index contributed by atoms with van der Waals surface area (Å²) in [5, 5.41) is 0. The van der Waals surface area contributed by atoms with Crippen molar-refractivity contribution in [2.24, 2.45) is 0 Å². The van der Waals surface area contributed by atoms with Crippen LogP contribution in [0.25, 0.3) is 11.1 Å². The Balaban J connectivity index is 2.12. The minimum Gasteiger partial charge on any atom is -0.466 e. The lowest BCUT2D eigenvalue weighted by Crippen LogP contribution is -2.13. The van der Waals surface area contributed by atoms with Crippen molar-refractivity contribution in [2.75, 3.05) is 12.4 Å². The van der Waals surface area contributed by atoms with Gasteiger partial charge in [-0.3, -0.25) is 4.79 Å². The molecule has 0 aliphatic carbocycles. The number of hydrogen-bond donors (Lipinski definition) is 0. The predicted molar refractivity (Wildman–Crippen MR) is 89.9 cm³/mol. The smallest absolute Gasteiger partial charge is 0.306 e. The molecule has 4 nitrogen and oxygen atoms in total. The number of esters is 1. The van der Waals surface area contributed by atoms with Crippen molar-refractivity contribution >= 4 is 15.8 Å². The zero-order valence-corrected chi connectivity index (χ0v) is 14.1. The van der Waals surface area contributed by atoms with E-state index in [4.69, 9.17) is 4.74 Å². The van der Waals surface area contributed by atoms with Crippen LogP contribution in [0.5, 0.6) is 0 Å². The molecule has 0 aliphatic rings. The lowest BCUT2D eigenvalue weighted by atomic mass is 10.0. The Bertz CT molecular complexity index is 760. The van der Waals surface area contributed by atoms with Gasteiger partial charge in [0.05, 0.1) is 23.7 Å². The maximum absolute atomic E-state index is 12.2. The molecule has 0 radical (unpaired) electrons. The van der Waals surface area contributed by atoms with E-state index in [1.165, 1.54) is 5.56 Å². The maximum Gasteiger partial charge on any atom is 0.306 e. The number of carbonyl (C=O) groups is 1. The molecule has 0 amide bonds. The summed E-state index contributed by atoms with van der Waals surface area (Å²) in [7, 11) is -3.48. The third-order valence-corrected chi connectivity index (χ3v) is 5.21. The summed E-state index contributed by atoms with van der Waals surface area (Å²) in [6.45, 7) is 3.96. The molecule has 5 heteroatoms. The Morgan fingerprint density at radius 2 is 1.48 bits per heavy atom. The van der Waals surface area contributed by atoms with Gasteiger partial charge in [-0.15, -0.1) is 0 Å². The summed E-state index contributed by atoms with van der Waals surface area (Å²) < 4.78 is 29.2. The van der Waals surface area contributed by atoms with Gasteiger partial charge in [0.1, 0.15) is 0 Å². The molecule has 0 spiro atoms. The van der Waals surface area contributed by atoms with Crippen LogP contribution in [-0.4, -0.2) is 26.7 Å². The minimum atomic E-state index is -3.48. The van der Waals surface area contributed by atoms with Crippen molar-refractivity contribution < 1.29 is 17.9 Å². The van der Waals surface area contributed by atoms with Crippen molar-refractivity contribution in [2.45, 2.75) is 25.2 Å². The van der Waals surface area contributed by atoms with Gasteiger partial charge in [0.25, 0.3) is 0 Å². The van der Waals surface area contributed by atoms with Gasteiger partial charge in [0.2, 0.25) is 0 Å². The number of ether oxygens (including phenoxy) is 1. The van der Waals surface area contributed by atoms with E-state index < -0.39 is 15.8 Å². The molecule has 2 rings (SSSR count). The van der Waals surface area contributed by atoms with Gasteiger partial charge in [-0.2, -0.15) is 0 Å². The highest BCUT2D eigenvalue weighted by molar-refractivity contribution is 7.91. The molecule has 0 fully saturated rings. The standard InChI is InChI=1S/C18H20O4S/c1-3-22-18(19)12-13-23(20,21)17-10-8-16(9-11-17)15-6-4-14(2)5-7-15/h4-11H,3,12-13H2,1-2H3. The number of rotatable bonds is 6. The Labute approximate surface area is 137 Å². The second-order valence-corrected chi connectivity index (χ2v) is 7.37. The first-order valence-electron chi connectivity index (χ1n) is 7.48. The van der Waals surface area contributed by atoms with Crippen molar-refractivity contribution in [1.29, 1.82) is 0 Å². The van der Waals surface area contributed by atoms with Crippen LogP contribution in [0.15, 0.2) is 53.4 Å². The van der Waals surface area contributed by atoms with Gasteiger partial charge in [-0.25, -0.2) is 8.42 Å². The molecule has 23 heavy (non-hydrogen) atoms. The normalized spacial score (nSPS) is 11.2. The van der Waals surface area contributed by atoms with Gasteiger partial charge in [-0.05, 0) is 37.1 Å². The van der Waals surface area contributed by atoms with Gasteiger partial charge in [0.15, 0.2) is 9.84 Å². The Morgan fingerprint density at radius 3 is 2.00 bits per heavy atom. The lowest BCUT2D eigenvalue weighted by molar-refractivity contribution is -0.142. The van der Waals surface area contributed by atoms with E-state index in [1.54, 1.807) is 31.2 Å². The third kappa shape index (κ3) is 4.66. The summed E-state index contributed by atoms with van der Waals surface area (Å²) >= 11 is 0. The monoisotopic (exact) mass is 332 g/mol. The van der Waals surface area contributed by atoms with Crippen molar-refractivity contribution in [3.05, 3.63) is 54.1 Å². The zero-order chi connectivity index (χ0) is 16.9. The van der Waals surface area contributed by atoms with Gasteiger partial charge in [-0.1, -0.05) is 42.0 Å². The van der Waals surface area contributed by atoms with Gasteiger partial charge in [0, 0.05) is 0 Å². The molecule has 2 aromatic rings. The molecule has 0 saturated heterocycles. The van der Waals surface area contributed by atoms with Crippen LogP contribution in [0.1, 0.15) is 18.9 Å². The number of sulfone groups is 1. The fourth-order valence-electron chi connectivity index (χ4n) is 2.17. The average molecular weight is 332 g/mol. The van der Waals surface area contributed by atoms with Crippen molar-refractivity contribution in [1.82, 2.24) is 0 Å². The largest absolute Gasteiger partial charge is 0.466 e. The van der Waals surface area contributed by atoms with E-state index in [9.17, 15) is 13.2 Å². The van der Waals surface area contributed by atoms with E-state index in [0.29, 0.717) is 0 Å². The third-order valence-electron chi connectivity index (χ3n) is 3.48. The van der Waals surface area contributed by atoms with Crippen LogP contribution in [0.3, 0.4) is 0 Å². The summed E-state index contributed by atoms with van der Waals surface area (Å²) in [5.41, 5.74) is 3.16. The minimum absolute atomic E-state index is 0.129. The summed E-state index contributed by atoms with van der Waals surface area (Å²) in [5.74, 6) is -0.734. The Kier molecular flexibility index (Phi) is 5.55. The number of hydrogen-bond acceptors (Lipinski definition) is 4. The van der Waals surface area contributed by atoms with E-state index in [2.05, 4.69) is 0 Å². The highest BCUT2D eigenvalue weighted by atomic mass is 32.2. The summed E-state index contributed by atoms with van der Waals surface area (Å²) in [6, 6.07) is 14.7. The predicted octanol–water partition coefficient (Wildman–Crippen LogP) is 3.39. The molecule has 0 atom stereocenters. The first-order chi connectivity index (χ1) is 10.9. The van der Waals surface area contributed by atoms with Crippen LogP contribution in [-0.2, 0) is 19.4 Å². The lowest BCUT2D eigenvalue weighted by Gasteiger charge is -2.07. The van der Waals surface area contributed by atoms with E-state index >= 15 is 0 Å². The van der Waals surface area contributed by atoms with E-state index in [-0.39, 0.29) is 23.7 Å². The molecular formula is C18H20O4S. The molecule has 0 aliphatic heterocycles. The molecule has 0 saturated carbocycles. The summed E-state index contributed by atoms with van der Waals surface area (Å²) in [4.78, 5) is 11.5. The SMILES string of the molecule is CCOC(=O)CCS(=O)(=O)c1ccc(-c2ccc(C)cc2)cc1. The second kappa shape index (κ2) is 7.42. The number of benzene rings is 2. The van der Waals surface area contributed by atoms with Crippen LogP contribution in [0.4, 0.5) is 0 Å². The molecule has 0 N–H and O–H groups in total. The molecule has 0 aromatic heterocycles. The topological polar surface area (TPSA) is 60.4 Å². The van der Waals surface area contributed by atoms with E-state index in [0.717, 1.165) is 11.1 Å². The first-order valence-corrected chi connectivity index (χ1v) is 9.13. The van der Waals surface area contributed by atoms with Gasteiger partial charge >= 0.3 is 5.97 Å². The fourth-order valence-corrected chi connectivity index (χ4v) is 3.39. The first kappa shape index (κ1) is 17.2. The zero-order valence-electron chi connectivity index (χ0n) is 13.3. The molecule has 0 unspecified atom stereocenters. The molecule has 122 valence electrons. The second-order valence-electron chi connectivity index (χ2n) is 5.26. The fraction of sp³-hybridized carbons (Fsp3) is 0.278. The number of carbonyl (C=O) groups excluding carboxylic acids is 1. The van der Waals surface area contributed by atoms with E-state index in [1.807, 2.05) is 31.2 Å². The quantitative estimate of drug-likeness (QED) is 0.761. The van der Waals surface area contributed by atoms with Crippen LogP contribution in [0, 0.1) is 6.92 Å². The van der Waals surface area contributed by atoms with Gasteiger partial charge < -0.3 is 4.74 Å². The Morgan fingerprint density at radius 1 is 0.957 bits per heavy atom. The van der Waals surface area contributed by atoms with Crippen LogP contribution in [0.2, 0.25) is 0 Å². The summed E-state index contributed by atoms with van der Waals surface area (Å²) in [6.07, 6.45) is -0.129. The average Bonchev–Trinajstić information content (AvgIpc) is 2.54. The number of aryl methyl sites for hydroxylation is 1. The van der Waals surface area contributed by atoms with Crippen molar-refractivity contribution in [3.8, 4) is 11.1 Å². The van der Waals surface area contributed by atoms with Crippen LogP contribution < -0.4 is 0 Å². The highest BCUT2D eigenvalue weighted by Crippen LogP contribution is 2.22. The molecular weight excluding hydrogens is 312 g/mol. The Hall–Kier alpha value is -2.14. The van der Waals surface area contributed by atoms with Crippen molar-refractivity contribution in [3.63, 3.8) is 0 Å². The highest BCUT2D eigenvalue weighted by Gasteiger charge is 2.17. The van der Waals surface area contributed by atoms with Crippen LogP contribution >= 0.6 is 0 Å². The molecule has 0 bridgehead atoms. The maximum atomic E-state index is 12.2.